The van der Waals surface area contributed by atoms with Crippen LogP contribution in [0.4, 0.5) is 0 Å². The molecule has 0 bridgehead atoms. The van der Waals surface area contributed by atoms with Gasteiger partial charge in [-0.05, 0) is 24.1 Å². The lowest BCUT2D eigenvalue weighted by Crippen LogP contribution is -2.27. The van der Waals surface area contributed by atoms with Crippen LogP contribution in [0.3, 0.4) is 0 Å². The molecule has 5 nitrogen and oxygen atoms in total. The van der Waals surface area contributed by atoms with Gasteiger partial charge >= 0.3 is 0 Å². The molecule has 0 unspecified atom stereocenters. The normalized spacial score (nSPS) is 14.0. The first-order valence-corrected chi connectivity index (χ1v) is 8.83. The van der Waals surface area contributed by atoms with Crippen LogP contribution < -0.4 is 9.47 Å². The van der Waals surface area contributed by atoms with E-state index in [4.69, 9.17) is 9.47 Å². The second-order valence-electron chi connectivity index (χ2n) is 5.51. The van der Waals surface area contributed by atoms with Crippen molar-refractivity contribution >= 4 is 10.0 Å². The lowest BCUT2D eigenvalue weighted by Gasteiger charge is -2.23. The van der Waals surface area contributed by atoms with Crippen molar-refractivity contribution in [2.24, 2.45) is 0 Å². The van der Waals surface area contributed by atoms with E-state index in [0.717, 1.165) is 5.56 Å². The summed E-state index contributed by atoms with van der Waals surface area (Å²) < 4.78 is 38.1. The third-order valence-electron chi connectivity index (χ3n) is 3.78. The summed E-state index contributed by atoms with van der Waals surface area (Å²) in [5.41, 5.74) is 1.59. The minimum Gasteiger partial charge on any atom is -0.486 e. The molecule has 23 heavy (non-hydrogen) atoms. The van der Waals surface area contributed by atoms with E-state index >= 15 is 0 Å². The number of fused-ring (bicyclic) bond motifs is 1. The van der Waals surface area contributed by atoms with Gasteiger partial charge in [0.15, 0.2) is 11.5 Å². The van der Waals surface area contributed by atoms with Crippen molar-refractivity contribution in [3.8, 4) is 11.5 Å². The van der Waals surface area contributed by atoms with Crippen molar-refractivity contribution in [1.82, 2.24) is 4.31 Å². The summed E-state index contributed by atoms with van der Waals surface area (Å²) in [4.78, 5) is 0.250. The molecule has 0 saturated heterocycles. The molecule has 0 N–H and O–H groups in total. The third-order valence-corrected chi connectivity index (χ3v) is 5.72. The Kier molecular flexibility index (Phi) is 4.28. The molecule has 1 aliphatic rings. The molecule has 0 spiro atoms. The Morgan fingerprint density at radius 3 is 2.30 bits per heavy atom. The smallest absolute Gasteiger partial charge is 0.243 e. The second-order valence-corrected chi connectivity index (χ2v) is 7.52. The molecule has 0 aliphatic carbocycles. The van der Waals surface area contributed by atoms with Crippen molar-refractivity contribution in [1.29, 1.82) is 0 Å². The maximum absolute atomic E-state index is 12.9. The number of hydrogen-bond acceptors (Lipinski definition) is 4. The minimum absolute atomic E-state index is 0.250. The van der Waals surface area contributed by atoms with Gasteiger partial charge in [-0.3, -0.25) is 0 Å². The number of nitrogens with zero attached hydrogens (tertiary/aromatic N) is 1. The number of rotatable bonds is 4. The van der Waals surface area contributed by atoms with Crippen LogP contribution in [-0.4, -0.2) is 33.0 Å². The van der Waals surface area contributed by atoms with Crippen LogP contribution in [0.1, 0.15) is 11.1 Å². The molecule has 2 aromatic rings. The summed E-state index contributed by atoms with van der Waals surface area (Å²) >= 11 is 0. The fourth-order valence-corrected chi connectivity index (χ4v) is 3.92. The average molecular weight is 333 g/mol. The zero-order valence-electron chi connectivity index (χ0n) is 13.2. The van der Waals surface area contributed by atoms with Crippen LogP contribution in [0.5, 0.6) is 11.5 Å². The summed E-state index contributed by atoms with van der Waals surface area (Å²) in [6.45, 7) is 2.99. The molecule has 1 aliphatic heterocycles. The number of ether oxygens (including phenoxy) is 2. The molecule has 0 amide bonds. The molecular formula is C17H19NO4S. The molecule has 2 aromatic carbocycles. The summed E-state index contributed by atoms with van der Waals surface area (Å²) in [6.07, 6.45) is 0. The summed E-state index contributed by atoms with van der Waals surface area (Å²) in [7, 11) is -2.02. The molecule has 0 fully saturated rings. The van der Waals surface area contributed by atoms with Crippen LogP contribution in [0.15, 0.2) is 47.4 Å². The first-order valence-electron chi connectivity index (χ1n) is 7.39. The second kappa shape index (κ2) is 6.22. The van der Waals surface area contributed by atoms with Gasteiger partial charge in [0, 0.05) is 19.7 Å². The van der Waals surface area contributed by atoms with Crippen molar-refractivity contribution in [3.05, 3.63) is 53.6 Å². The van der Waals surface area contributed by atoms with E-state index in [1.54, 1.807) is 26.1 Å². The van der Waals surface area contributed by atoms with E-state index in [1.165, 1.54) is 4.31 Å². The fourth-order valence-electron chi connectivity index (χ4n) is 2.54. The SMILES string of the molecule is Cc1cc2c(cc1S(=O)(=O)N(C)Cc1ccccc1)OCCO2. The van der Waals surface area contributed by atoms with Gasteiger partial charge < -0.3 is 9.47 Å². The van der Waals surface area contributed by atoms with Crippen LogP contribution >= 0.6 is 0 Å². The lowest BCUT2D eigenvalue weighted by atomic mass is 10.2. The van der Waals surface area contributed by atoms with Gasteiger partial charge in [0.2, 0.25) is 10.0 Å². The van der Waals surface area contributed by atoms with Gasteiger partial charge in [0.05, 0.1) is 4.90 Å². The van der Waals surface area contributed by atoms with Crippen molar-refractivity contribution < 1.29 is 17.9 Å². The Hall–Kier alpha value is -2.05. The Labute approximate surface area is 136 Å². The molecule has 3 rings (SSSR count). The standard InChI is InChI=1S/C17H19NO4S/c1-13-10-15-16(22-9-8-21-15)11-17(13)23(19,20)18(2)12-14-6-4-3-5-7-14/h3-7,10-11H,8-9,12H2,1-2H3. The zero-order chi connectivity index (χ0) is 16.4. The topological polar surface area (TPSA) is 55.8 Å². The van der Waals surface area contributed by atoms with Crippen LogP contribution in [0.2, 0.25) is 0 Å². The largest absolute Gasteiger partial charge is 0.486 e. The maximum atomic E-state index is 12.9. The van der Waals surface area contributed by atoms with Crippen molar-refractivity contribution in [2.45, 2.75) is 18.4 Å². The van der Waals surface area contributed by atoms with Gasteiger partial charge in [0.1, 0.15) is 13.2 Å². The Balaban J connectivity index is 1.93. The number of aryl methyl sites for hydroxylation is 1. The van der Waals surface area contributed by atoms with E-state index in [1.807, 2.05) is 30.3 Å². The third kappa shape index (κ3) is 3.18. The quantitative estimate of drug-likeness (QED) is 0.863. The lowest BCUT2D eigenvalue weighted by molar-refractivity contribution is 0.171. The van der Waals surface area contributed by atoms with E-state index < -0.39 is 10.0 Å². The molecule has 0 aromatic heterocycles. The molecule has 0 saturated carbocycles. The van der Waals surface area contributed by atoms with Gasteiger partial charge in [-0.15, -0.1) is 0 Å². The highest BCUT2D eigenvalue weighted by atomic mass is 32.2. The van der Waals surface area contributed by atoms with E-state index in [0.29, 0.717) is 36.8 Å². The van der Waals surface area contributed by atoms with Gasteiger partial charge in [-0.25, -0.2) is 8.42 Å². The molecule has 1 heterocycles. The highest BCUT2D eigenvalue weighted by molar-refractivity contribution is 7.89. The van der Waals surface area contributed by atoms with Crippen LogP contribution in [0, 0.1) is 6.92 Å². The molecule has 0 atom stereocenters. The van der Waals surface area contributed by atoms with E-state index in [2.05, 4.69) is 0 Å². The van der Waals surface area contributed by atoms with Crippen LogP contribution in [0.25, 0.3) is 0 Å². The Bertz CT molecular complexity index is 803. The summed E-state index contributed by atoms with van der Waals surface area (Å²) in [5.74, 6) is 1.08. The average Bonchev–Trinajstić information content (AvgIpc) is 2.55. The van der Waals surface area contributed by atoms with Crippen molar-refractivity contribution in [3.63, 3.8) is 0 Å². The van der Waals surface area contributed by atoms with Crippen LogP contribution in [-0.2, 0) is 16.6 Å². The Morgan fingerprint density at radius 2 is 1.65 bits per heavy atom. The maximum Gasteiger partial charge on any atom is 0.243 e. The molecular weight excluding hydrogens is 314 g/mol. The number of sulfonamides is 1. The first kappa shape index (κ1) is 15.8. The minimum atomic E-state index is -3.60. The van der Waals surface area contributed by atoms with Gasteiger partial charge in [-0.2, -0.15) is 4.31 Å². The molecule has 122 valence electrons. The molecule has 6 heteroatoms. The monoisotopic (exact) mass is 333 g/mol. The first-order chi connectivity index (χ1) is 11.0. The van der Waals surface area contributed by atoms with Crippen molar-refractivity contribution in [2.75, 3.05) is 20.3 Å². The predicted octanol–water partition coefficient (Wildman–Crippen LogP) is 2.59. The van der Waals surface area contributed by atoms with E-state index in [-0.39, 0.29) is 4.90 Å². The molecule has 0 radical (unpaired) electrons. The summed E-state index contributed by atoms with van der Waals surface area (Å²) in [6, 6.07) is 12.8. The fraction of sp³-hybridized carbons (Fsp3) is 0.294. The number of hydrogen-bond donors (Lipinski definition) is 0. The zero-order valence-corrected chi connectivity index (χ0v) is 14.0. The van der Waals surface area contributed by atoms with Gasteiger partial charge in [0.25, 0.3) is 0 Å². The highest BCUT2D eigenvalue weighted by Crippen LogP contribution is 2.35. The Morgan fingerprint density at radius 1 is 1.04 bits per heavy atom. The highest BCUT2D eigenvalue weighted by Gasteiger charge is 2.26. The predicted molar refractivity (Wildman–Crippen MR) is 87.3 cm³/mol. The van der Waals surface area contributed by atoms with E-state index in [9.17, 15) is 8.42 Å². The van der Waals surface area contributed by atoms with Gasteiger partial charge in [-0.1, -0.05) is 30.3 Å². The summed E-state index contributed by atoms with van der Waals surface area (Å²) in [5, 5.41) is 0. The number of benzene rings is 2.